The lowest BCUT2D eigenvalue weighted by atomic mass is 10.1. The number of carbonyl (C=O) groups is 1. The van der Waals surface area contributed by atoms with Gasteiger partial charge in [0.15, 0.2) is 0 Å². The number of rotatable bonds is 5. The fourth-order valence-electron chi connectivity index (χ4n) is 3.45. The van der Waals surface area contributed by atoms with E-state index in [1.807, 2.05) is 65.7 Å². The maximum absolute atomic E-state index is 12.7. The molecule has 142 valence electrons. The molecule has 0 aliphatic carbocycles. The van der Waals surface area contributed by atoms with E-state index in [1.54, 1.807) is 11.8 Å². The van der Waals surface area contributed by atoms with Crippen molar-refractivity contribution in [3.05, 3.63) is 90.1 Å². The van der Waals surface area contributed by atoms with Gasteiger partial charge in [0, 0.05) is 23.2 Å². The van der Waals surface area contributed by atoms with Crippen LogP contribution in [0.1, 0.15) is 30.0 Å². The highest BCUT2D eigenvalue weighted by atomic mass is 32.2. The molecule has 1 atom stereocenters. The Labute approximate surface area is 169 Å². The van der Waals surface area contributed by atoms with Crippen molar-refractivity contribution in [3.63, 3.8) is 0 Å². The van der Waals surface area contributed by atoms with E-state index < -0.39 is 0 Å². The number of hydrogen-bond donors (Lipinski definition) is 0. The van der Waals surface area contributed by atoms with Crippen molar-refractivity contribution in [2.24, 2.45) is 0 Å². The fourth-order valence-corrected chi connectivity index (χ4v) is 4.41. The van der Waals surface area contributed by atoms with E-state index in [9.17, 15) is 4.79 Å². The van der Waals surface area contributed by atoms with E-state index in [0.29, 0.717) is 13.2 Å². The first-order valence-corrected chi connectivity index (χ1v) is 10.3. The van der Waals surface area contributed by atoms with Crippen LogP contribution in [0.2, 0.25) is 0 Å². The van der Waals surface area contributed by atoms with Gasteiger partial charge in [0.25, 0.3) is 0 Å². The summed E-state index contributed by atoms with van der Waals surface area (Å²) in [4.78, 5) is 20.3. The summed E-state index contributed by atoms with van der Waals surface area (Å²) in [7, 11) is 0. The second-order valence-electron chi connectivity index (χ2n) is 6.70. The van der Waals surface area contributed by atoms with Gasteiger partial charge in [-0.2, -0.15) is 0 Å². The predicted molar refractivity (Wildman–Crippen MR) is 110 cm³/mol. The van der Waals surface area contributed by atoms with Crippen LogP contribution in [0.15, 0.2) is 88.9 Å². The van der Waals surface area contributed by atoms with Crippen LogP contribution in [0.25, 0.3) is 0 Å². The molecule has 1 saturated heterocycles. The first kappa shape index (κ1) is 18.6. The molecule has 4 rings (SSSR count). The first-order chi connectivity index (χ1) is 13.8. The summed E-state index contributed by atoms with van der Waals surface area (Å²) in [6.45, 7) is 1.00. The van der Waals surface area contributed by atoms with E-state index in [4.69, 9.17) is 4.74 Å². The van der Waals surface area contributed by atoms with Crippen molar-refractivity contribution in [2.75, 3.05) is 6.54 Å². The lowest BCUT2D eigenvalue weighted by molar-refractivity contribution is 0.0916. The summed E-state index contributed by atoms with van der Waals surface area (Å²) in [6, 6.07) is 24.0. The molecule has 0 radical (unpaired) electrons. The maximum Gasteiger partial charge on any atom is 0.410 e. The van der Waals surface area contributed by atoms with Crippen molar-refractivity contribution >= 4 is 17.9 Å². The molecule has 0 N–H and O–H groups in total. The second-order valence-corrected chi connectivity index (χ2v) is 7.77. The molecule has 0 bridgehead atoms. The minimum atomic E-state index is -0.258. The van der Waals surface area contributed by atoms with Crippen LogP contribution >= 0.6 is 11.8 Å². The average molecular weight is 391 g/mol. The Morgan fingerprint density at radius 3 is 2.57 bits per heavy atom. The smallest absolute Gasteiger partial charge is 0.410 e. The zero-order valence-electron chi connectivity index (χ0n) is 15.5. The van der Waals surface area contributed by atoms with Crippen molar-refractivity contribution in [2.45, 2.75) is 35.4 Å². The lowest BCUT2D eigenvalue weighted by Crippen LogP contribution is -2.31. The van der Waals surface area contributed by atoms with E-state index in [-0.39, 0.29) is 12.1 Å². The molecule has 2 aromatic carbocycles. The van der Waals surface area contributed by atoms with E-state index in [0.717, 1.165) is 33.9 Å². The van der Waals surface area contributed by atoms with Gasteiger partial charge in [0.1, 0.15) is 11.6 Å². The summed E-state index contributed by atoms with van der Waals surface area (Å²) in [5, 5.41) is 0.946. The number of pyridine rings is 1. The molecule has 2 heterocycles. The standard InChI is InChI=1S/C23H22N2O2S/c26-23(27-17-18-9-3-1-4-10-18)25-16-8-14-21(25)20-13-7-15-24-22(20)28-19-11-5-2-6-12-19/h1-7,9-13,15,21H,8,14,16-17H2. The molecule has 4 nitrogen and oxygen atoms in total. The van der Waals surface area contributed by atoms with E-state index in [1.165, 1.54) is 0 Å². The van der Waals surface area contributed by atoms with Gasteiger partial charge in [0.05, 0.1) is 6.04 Å². The summed E-state index contributed by atoms with van der Waals surface area (Å²) in [5.74, 6) is 0. The Morgan fingerprint density at radius 2 is 1.79 bits per heavy atom. The molecule has 1 fully saturated rings. The second kappa shape index (κ2) is 8.93. The number of likely N-dealkylation sites (tertiary alicyclic amines) is 1. The van der Waals surface area contributed by atoms with Crippen LogP contribution in [0.5, 0.6) is 0 Å². The Balaban J connectivity index is 1.49. The van der Waals surface area contributed by atoms with Gasteiger partial charge in [-0.15, -0.1) is 0 Å². The minimum Gasteiger partial charge on any atom is -0.445 e. The van der Waals surface area contributed by atoms with Gasteiger partial charge in [-0.3, -0.25) is 0 Å². The van der Waals surface area contributed by atoms with Gasteiger partial charge in [0.2, 0.25) is 0 Å². The van der Waals surface area contributed by atoms with Gasteiger partial charge in [-0.25, -0.2) is 9.78 Å². The molecular weight excluding hydrogens is 368 g/mol. The quantitative estimate of drug-likeness (QED) is 0.560. The zero-order valence-corrected chi connectivity index (χ0v) is 16.3. The van der Waals surface area contributed by atoms with Gasteiger partial charge < -0.3 is 9.64 Å². The lowest BCUT2D eigenvalue weighted by Gasteiger charge is -2.25. The number of aromatic nitrogens is 1. The molecule has 3 aromatic rings. The number of carbonyl (C=O) groups excluding carboxylic acids is 1. The highest BCUT2D eigenvalue weighted by Crippen LogP contribution is 2.38. The minimum absolute atomic E-state index is 0.00295. The molecule has 1 amide bonds. The van der Waals surface area contributed by atoms with Crippen LogP contribution in [0, 0.1) is 0 Å². The van der Waals surface area contributed by atoms with E-state index >= 15 is 0 Å². The van der Waals surface area contributed by atoms with Crippen LogP contribution in [0.4, 0.5) is 4.79 Å². The van der Waals surface area contributed by atoms with Crippen LogP contribution in [-0.2, 0) is 11.3 Å². The first-order valence-electron chi connectivity index (χ1n) is 9.46. The Kier molecular flexibility index (Phi) is 5.92. The number of benzene rings is 2. The largest absolute Gasteiger partial charge is 0.445 e. The van der Waals surface area contributed by atoms with Crippen molar-refractivity contribution in [1.29, 1.82) is 0 Å². The molecule has 1 aliphatic rings. The molecule has 28 heavy (non-hydrogen) atoms. The number of nitrogens with zero attached hydrogens (tertiary/aromatic N) is 2. The Bertz CT molecular complexity index is 918. The zero-order chi connectivity index (χ0) is 19.2. The molecule has 5 heteroatoms. The van der Waals surface area contributed by atoms with Gasteiger partial charge >= 0.3 is 6.09 Å². The van der Waals surface area contributed by atoms with Gasteiger partial charge in [-0.1, -0.05) is 66.4 Å². The van der Waals surface area contributed by atoms with Crippen molar-refractivity contribution in [3.8, 4) is 0 Å². The van der Waals surface area contributed by atoms with Crippen molar-refractivity contribution < 1.29 is 9.53 Å². The molecule has 0 saturated carbocycles. The fraction of sp³-hybridized carbons (Fsp3) is 0.217. The summed E-state index contributed by atoms with van der Waals surface area (Å²) >= 11 is 1.64. The van der Waals surface area contributed by atoms with E-state index in [2.05, 4.69) is 23.2 Å². The van der Waals surface area contributed by atoms with Crippen LogP contribution < -0.4 is 0 Å². The SMILES string of the molecule is O=C(OCc1ccccc1)N1CCCC1c1cccnc1Sc1ccccc1. The summed E-state index contributed by atoms with van der Waals surface area (Å²) in [5.41, 5.74) is 2.08. The topological polar surface area (TPSA) is 42.4 Å². The number of hydrogen-bond acceptors (Lipinski definition) is 4. The van der Waals surface area contributed by atoms with Crippen LogP contribution in [0.3, 0.4) is 0 Å². The third-order valence-corrected chi connectivity index (χ3v) is 5.85. The number of ether oxygens (including phenoxy) is 1. The summed E-state index contributed by atoms with van der Waals surface area (Å²) in [6.07, 6.45) is 3.44. The monoisotopic (exact) mass is 390 g/mol. The molecule has 1 aliphatic heterocycles. The molecular formula is C23H22N2O2S. The molecule has 0 spiro atoms. The highest BCUT2D eigenvalue weighted by molar-refractivity contribution is 7.99. The third kappa shape index (κ3) is 4.37. The number of amides is 1. The maximum atomic E-state index is 12.7. The average Bonchev–Trinajstić information content (AvgIpc) is 3.24. The summed E-state index contributed by atoms with van der Waals surface area (Å²) < 4.78 is 5.58. The third-order valence-electron chi connectivity index (χ3n) is 4.81. The Morgan fingerprint density at radius 1 is 1.04 bits per heavy atom. The predicted octanol–water partition coefficient (Wildman–Crippen LogP) is 5.71. The highest BCUT2D eigenvalue weighted by Gasteiger charge is 2.33. The molecule has 1 unspecified atom stereocenters. The Hall–Kier alpha value is -2.79. The van der Waals surface area contributed by atoms with Crippen molar-refractivity contribution in [1.82, 2.24) is 9.88 Å². The van der Waals surface area contributed by atoms with Crippen LogP contribution in [-0.4, -0.2) is 22.5 Å². The normalized spacial score (nSPS) is 16.1. The molecule has 1 aromatic heterocycles. The van der Waals surface area contributed by atoms with Gasteiger partial charge in [-0.05, 0) is 36.6 Å².